The molecule has 1 heterocycles. The summed E-state index contributed by atoms with van der Waals surface area (Å²) in [6.07, 6.45) is 1.49. The fraction of sp³-hybridized carbons (Fsp3) is 0.118. The quantitative estimate of drug-likeness (QED) is 0.697. The van der Waals surface area contributed by atoms with Gasteiger partial charge in [0.25, 0.3) is 10.0 Å². The second-order valence-corrected chi connectivity index (χ2v) is 7.43. The number of methoxy groups -OCH3 is 1. The zero-order valence-electron chi connectivity index (χ0n) is 13.8. The summed E-state index contributed by atoms with van der Waals surface area (Å²) in [5, 5.41) is 0.158. The number of aromatic nitrogens is 1. The van der Waals surface area contributed by atoms with Gasteiger partial charge < -0.3 is 9.15 Å². The van der Waals surface area contributed by atoms with Crippen LogP contribution in [0.4, 0.5) is 10.1 Å². The highest BCUT2D eigenvalue weighted by Gasteiger charge is 2.22. The number of hydrogen-bond donors (Lipinski definition) is 1. The molecule has 0 radical (unpaired) electrons. The van der Waals surface area contributed by atoms with Crippen molar-refractivity contribution >= 4 is 27.3 Å². The maximum Gasteiger partial charge on any atom is 0.265 e. The molecule has 6 nitrogen and oxygen atoms in total. The van der Waals surface area contributed by atoms with Crippen LogP contribution in [0.5, 0.6) is 5.75 Å². The Morgan fingerprint density at radius 3 is 2.62 bits per heavy atom. The standard InChI is InChI=1S/C17H14ClFN2O4S/c1-10-20-9-16(25-10)11-3-6-15(24-2)17(7-11)26(22,23)21-14-5-4-12(18)8-13(14)19/h3-9,21H,1-2H3. The lowest BCUT2D eigenvalue weighted by molar-refractivity contribution is 0.403. The monoisotopic (exact) mass is 396 g/mol. The number of nitrogens with zero attached hydrogens (tertiary/aromatic N) is 1. The van der Waals surface area contributed by atoms with Crippen molar-refractivity contribution in [3.63, 3.8) is 0 Å². The molecule has 1 N–H and O–H groups in total. The minimum Gasteiger partial charge on any atom is -0.495 e. The minimum absolute atomic E-state index is 0.104. The summed E-state index contributed by atoms with van der Waals surface area (Å²) in [6.45, 7) is 1.68. The van der Waals surface area contributed by atoms with Crippen LogP contribution in [-0.2, 0) is 10.0 Å². The topological polar surface area (TPSA) is 81.4 Å². The van der Waals surface area contributed by atoms with Gasteiger partial charge >= 0.3 is 0 Å². The Bertz CT molecular complexity index is 1070. The Balaban J connectivity index is 2.05. The zero-order chi connectivity index (χ0) is 18.9. The average Bonchev–Trinajstić information content (AvgIpc) is 3.03. The molecule has 0 aliphatic heterocycles. The van der Waals surface area contributed by atoms with Crippen LogP contribution in [-0.4, -0.2) is 20.5 Å². The zero-order valence-corrected chi connectivity index (χ0v) is 15.4. The van der Waals surface area contributed by atoms with Gasteiger partial charge in [-0.25, -0.2) is 17.8 Å². The molecule has 0 unspecified atom stereocenters. The van der Waals surface area contributed by atoms with Gasteiger partial charge in [-0.15, -0.1) is 0 Å². The van der Waals surface area contributed by atoms with Gasteiger partial charge in [0.05, 0.1) is 19.0 Å². The van der Waals surface area contributed by atoms with Crippen molar-refractivity contribution < 1.29 is 22.0 Å². The molecule has 0 spiro atoms. The highest BCUT2D eigenvalue weighted by atomic mass is 35.5. The number of sulfonamides is 1. The van der Waals surface area contributed by atoms with E-state index in [1.807, 2.05) is 0 Å². The third-order valence-electron chi connectivity index (χ3n) is 3.53. The Hall–Kier alpha value is -2.58. The van der Waals surface area contributed by atoms with Crippen LogP contribution < -0.4 is 9.46 Å². The maximum absolute atomic E-state index is 14.0. The number of ether oxygens (including phenoxy) is 1. The highest BCUT2D eigenvalue weighted by Crippen LogP contribution is 2.32. The first-order valence-corrected chi connectivity index (χ1v) is 9.25. The first-order valence-electron chi connectivity index (χ1n) is 7.39. The molecule has 0 aliphatic rings. The van der Waals surface area contributed by atoms with Gasteiger partial charge in [0.2, 0.25) is 0 Å². The van der Waals surface area contributed by atoms with Gasteiger partial charge in [-0.3, -0.25) is 4.72 Å². The molecule has 0 bridgehead atoms. The van der Waals surface area contributed by atoms with Crippen molar-refractivity contribution in [1.29, 1.82) is 0 Å². The molecule has 0 fully saturated rings. The minimum atomic E-state index is -4.14. The Kier molecular flexibility index (Phi) is 4.88. The third-order valence-corrected chi connectivity index (χ3v) is 5.16. The average molecular weight is 397 g/mol. The molecular formula is C17H14ClFN2O4S. The van der Waals surface area contributed by atoms with E-state index in [1.54, 1.807) is 13.0 Å². The summed E-state index contributed by atoms with van der Waals surface area (Å²) in [7, 11) is -2.79. The largest absolute Gasteiger partial charge is 0.495 e. The van der Waals surface area contributed by atoms with Crippen molar-refractivity contribution in [2.45, 2.75) is 11.8 Å². The second kappa shape index (κ2) is 6.97. The molecule has 0 saturated carbocycles. The van der Waals surface area contributed by atoms with Crippen LogP contribution in [0.2, 0.25) is 5.02 Å². The van der Waals surface area contributed by atoms with E-state index in [-0.39, 0.29) is 21.4 Å². The van der Waals surface area contributed by atoms with Crippen LogP contribution >= 0.6 is 11.6 Å². The predicted octanol–water partition coefficient (Wildman–Crippen LogP) is 4.25. The van der Waals surface area contributed by atoms with E-state index in [4.69, 9.17) is 20.8 Å². The molecule has 3 aromatic rings. The Morgan fingerprint density at radius 2 is 2.00 bits per heavy atom. The van der Waals surface area contributed by atoms with Gasteiger partial charge in [0.15, 0.2) is 11.7 Å². The van der Waals surface area contributed by atoms with Crippen molar-refractivity contribution in [1.82, 2.24) is 4.98 Å². The van der Waals surface area contributed by atoms with Gasteiger partial charge in [-0.05, 0) is 36.4 Å². The molecule has 0 aliphatic carbocycles. The van der Waals surface area contributed by atoms with Crippen molar-refractivity contribution in [3.05, 3.63) is 59.3 Å². The number of anilines is 1. The molecule has 0 amide bonds. The fourth-order valence-electron chi connectivity index (χ4n) is 2.31. The van der Waals surface area contributed by atoms with E-state index in [9.17, 15) is 12.8 Å². The lowest BCUT2D eigenvalue weighted by Gasteiger charge is -2.13. The number of aryl methyl sites for hydroxylation is 1. The number of hydrogen-bond acceptors (Lipinski definition) is 5. The molecule has 2 aromatic carbocycles. The molecule has 136 valence electrons. The number of nitrogens with one attached hydrogen (secondary N) is 1. The molecule has 3 rings (SSSR count). The Labute approximate surface area is 154 Å². The normalized spacial score (nSPS) is 11.4. The van der Waals surface area contributed by atoms with Crippen LogP contribution in [0.1, 0.15) is 5.89 Å². The molecular weight excluding hydrogens is 383 g/mol. The SMILES string of the molecule is COc1ccc(-c2cnc(C)o2)cc1S(=O)(=O)Nc1ccc(Cl)cc1F. The predicted molar refractivity (Wildman–Crippen MR) is 95.4 cm³/mol. The van der Waals surface area contributed by atoms with E-state index >= 15 is 0 Å². The lowest BCUT2D eigenvalue weighted by Crippen LogP contribution is -2.15. The lowest BCUT2D eigenvalue weighted by atomic mass is 10.2. The highest BCUT2D eigenvalue weighted by molar-refractivity contribution is 7.92. The van der Waals surface area contributed by atoms with Gasteiger partial charge in [-0.2, -0.15) is 0 Å². The molecule has 0 atom stereocenters. The third kappa shape index (κ3) is 3.66. The number of benzene rings is 2. The van der Waals surface area contributed by atoms with E-state index in [0.717, 1.165) is 6.07 Å². The molecule has 1 aromatic heterocycles. The van der Waals surface area contributed by atoms with Crippen LogP contribution in [0.25, 0.3) is 11.3 Å². The van der Waals surface area contributed by atoms with Gasteiger partial charge in [0, 0.05) is 17.5 Å². The van der Waals surface area contributed by atoms with E-state index in [0.29, 0.717) is 17.2 Å². The smallest absolute Gasteiger partial charge is 0.265 e. The summed E-state index contributed by atoms with van der Waals surface area (Å²) in [5.74, 6) is 0.162. The number of rotatable bonds is 5. The summed E-state index contributed by atoms with van der Waals surface area (Å²) >= 11 is 5.69. The van der Waals surface area contributed by atoms with Gasteiger partial charge in [0.1, 0.15) is 16.5 Å². The van der Waals surface area contributed by atoms with Crippen molar-refractivity contribution in [2.75, 3.05) is 11.8 Å². The molecule has 26 heavy (non-hydrogen) atoms. The second-order valence-electron chi connectivity index (χ2n) is 5.34. The van der Waals surface area contributed by atoms with E-state index < -0.39 is 15.8 Å². The van der Waals surface area contributed by atoms with Crippen LogP contribution in [0, 0.1) is 12.7 Å². The van der Waals surface area contributed by atoms with E-state index in [2.05, 4.69) is 9.71 Å². The summed E-state index contributed by atoms with van der Waals surface area (Å²) in [5.41, 5.74) is 0.265. The van der Waals surface area contributed by atoms with Crippen molar-refractivity contribution in [3.8, 4) is 17.1 Å². The van der Waals surface area contributed by atoms with Crippen LogP contribution in [0.15, 0.2) is 51.9 Å². The fourth-order valence-corrected chi connectivity index (χ4v) is 3.73. The summed E-state index contributed by atoms with van der Waals surface area (Å²) in [6, 6.07) is 8.14. The number of halogens is 2. The first kappa shape index (κ1) is 18.2. The first-order chi connectivity index (χ1) is 12.3. The molecule has 0 saturated heterocycles. The van der Waals surface area contributed by atoms with Crippen LogP contribution in [0.3, 0.4) is 0 Å². The summed E-state index contributed by atoms with van der Waals surface area (Å²) < 4.78 is 52.3. The molecule has 9 heteroatoms. The maximum atomic E-state index is 14.0. The number of oxazole rings is 1. The van der Waals surface area contributed by atoms with Crippen molar-refractivity contribution in [2.24, 2.45) is 0 Å². The Morgan fingerprint density at radius 1 is 1.23 bits per heavy atom. The van der Waals surface area contributed by atoms with Gasteiger partial charge in [-0.1, -0.05) is 11.6 Å². The summed E-state index contributed by atoms with van der Waals surface area (Å²) in [4.78, 5) is 3.82. The van der Waals surface area contributed by atoms with E-state index in [1.165, 1.54) is 37.6 Å².